The third-order valence-electron chi connectivity index (χ3n) is 4.18. The molecule has 0 bridgehead atoms. The molecule has 0 aliphatic carbocycles. The van der Waals surface area contributed by atoms with Crippen molar-refractivity contribution in [1.82, 2.24) is 4.90 Å². The van der Waals surface area contributed by atoms with Crippen LogP contribution in [0.15, 0.2) is 48.5 Å². The molecule has 0 spiro atoms. The topological polar surface area (TPSA) is 32.5 Å². The Hall–Kier alpha value is -2.00. The Bertz CT molecular complexity index is 595. The van der Waals surface area contributed by atoms with Crippen molar-refractivity contribution in [2.45, 2.75) is 19.5 Å². The molecule has 1 aliphatic rings. The highest BCUT2D eigenvalue weighted by atomic mass is 15.1. The molecule has 2 aromatic rings. The molecular formula is C18H23N3. The number of nitrogen functional groups attached to an aromatic ring is 1. The molecule has 3 heteroatoms. The van der Waals surface area contributed by atoms with E-state index in [1.807, 2.05) is 6.07 Å². The lowest BCUT2D eigenvalue weighted by atomic mass is 10.1. The van der Waals surface area contributed by atoms with E-state index in [0.717, 1.165) is 31.9 Å². The van der Waals surface area contributed by atoms with Gasteiger partial charge in [-0.15, -0.1) is 0 Å². The van der Waals surface area contributed by atoms with Gasteiger partial charge in [-0.25, -0.2) is 0 Å². The lowest BCUT2D eigenvalue weighted by Gasteiger charge is -2.21. The highest BCUT2D eigenvalue weighted by Crippen LogP contribution is 2.24. The molecule has 2 aromatic carbocycles. The highest BCUT2D eigenvalue weighted by molar-refractivity contribution is 5.46. The molecule has 0 saturated carbocycles. The molecule has 110 valence electrons. The summed E-state index contributed by atoms with van der Waals surface area (Å²) in [6.45, 7) is 4.31. The maximum absolute atomic E-state index is 5.86. The monoisotopic (exact) mass is 281 g/mol. The fourth-order valence-electron chi connectivity index (χ4n) is 2.99. The van der Waals surface area contributed by atoms with E-state index in [1.54, 1.807) is 0 Å². The molecule has 3 rings (SSSR count). The zero-order chi connectivity index (χ0) is 14.7. The van der Waals surface area contributed by atoms with Gasteiger partial charge < -0.3 is 10.6 Å². The van der Waals surface area contributed by atoms with Crippen molar-refractivity contribution < 1.29 is 0 Å². The van der Waals surface area contributed by atoms with E-state index in [-0.39, 0.29) is 0 Å². The molecule has 0 saturated heterocycles. The number of fused-ring (bicyclic) bond motifs is 1. The number of nitrogens with zero attached hydrogens (tertiary/aromatic N) is 2. The van der Waals surface area contributed by atoms with E-state index in [4.69, 9.17) is 5.73 Å². The fraction of sp³-hybridized carbons (Fsp3) is 0.333. The van der Waals surface area contributed by atoms with E-state index < -0.39 is 0 Å². The van der Waals surface area contributed by atoms with Crippen LogP contribution < -0.4 is 10.6 Å². The van der Waals surface area contributed by atoms with Crippen molar-refractivity contribution in [2.75, 3.05) is 30.8 Å². The van der Waals surface area contributed by atoms with Crippen LogP contribution >= 0.6 is 0 Å². The normalized spacial score (nSPS) is 14.1. The zero-order valence-electron chi connectivity index (χ0n) is 12.6. The Morgan fingerprint density at radius 2 is 1.81 bits per heavy atom. The summed E-state index contributed by atoms with van der Waals surface area (Å²) in [6, 6.07) is 16.9. The van der Waals surface area contributed by atoms with E-state index in [1.165, 1.54) is 23.2 Å². The number of rotatable bonds is 5. The van der Waals surface area contributed by atoms with Gasteiger partial charge in [0, 0.05) is 44.6 Å². The maximum Gasteiger partial charge on any atom is 0.0363 e. The number of para-hydroxylation sites is 1. The van der Waals surface area contributed by atoms with Gasteiger partial charge in [0.1, 0.15) is 0 Å². The summed E-state index contributed by atoms with van der Waals surface area (Å²) in [5.41, 5.74) is 10.8. The Morgan fingerprint density at radius 3 is 2.62 bits per heavy atom. The standard InChI is InChI=1S/C18H23N3/c1-20(18-6-3-2-4-7-18)10-5-11-21-13-15-8-9-17(19)12-16(15)14-21/h2-4,6-9,12H,5,10-11,13-14,19H2,1H3. The Kier molecular flexibility index (Phi) is 4.11. The SMILES string of the molecule is CN(CCCN1Cc2ccc(N)cc2C1)c1ccccc1. The van der Waals surface area contributed by atoms with Gasteiger partial charge >= 0.3 is 0 Å². The van der Waals surface area contributed by atoms with Gasteiger partial charge in [0.25, 0.3) is 0 Å². The summed E-state index contributed by atoms with van der Waals surface area (Å²) >= 11 is 0. The van der Waals surface area contributed by atoms with Crippen molar-refractivity contribution >= 4 is 11.4 Å². The van der Waals surface area contributed by atoms with E-state index in [2.05, 4.69) is 59.3 Å². The van der Waals surface area contributed by atoms with Crippen molar-refractivity contribution in [3.8, 4) is 0 Å². The van der Waals surface area contributed by atoms with Gasteiger partial charge in [0.2, 0.25) is 0 Å². The first-order chi connectivity index (χ1) is 10.2. The van der Waals surface area contributed by atoms with E-state index in [9.17, 15) is 0 Å². The Morgan fingerprint density at radius 1 is 1.05 bits per heavy atom. The summed E-state index contributed by atoms with van der Waals surface area (Å²) in [6.07, 6.45) is 1.18. The molecule has 0 fully saturated rings. The molecule has 21 heavy (non-hydrogen) atoms. The lowest BCUT2D eigenvalue weighted by Crippen LogP contribution is -2.24. The summed E-state index contributed by atoms with van der Waals surface area (Å²) < 4.78 is 0. The Labute approximate surface area is 127 Å². The smallest absolute Gasteiger partial charge is 0.0363 e. The van der Waals surface area contributed by atoms with Crippen molar-refractivity contribution in [3.63, 3.8) is 0 Å². The van der Waals surface area contributed by atoms with Crippen molar-refractivity contribution in [2.24, 2.45) is 0 Å². The first-order valence-electron chi connectivity index (χ1n) is 7.58. The van der Waals surface area contributed by atoms with E-state index in [0.29, 0.717) is 0 Å². The highest BCUT2D eigenvalue weighted by Gasteiger charge is 2.18. The van der Waals surface area contributed by atoms with Crippen LogP contribution in [0.2, 0.25) is 0 Å². The predicted octanol–water partition coefficient (Wildman–Crippen LogP) is 3.11. The summed E-state index contributed by atoms with van der Waals surface area (Å²) in [7, 11) is 2.16. The van der Waals surface area contributed by atoms with Crippen LogP contribution in [0.25, 0.3) is 0 Å². The number of benzene rings is 2. The van der Waals surface area contributed by atoms with Crippen LogP contribution in [0.3, 0.4) is 0 Å². The third-order valence-corrected chi connectivity index (χ3v) is 4.18. The van der Waals surface area contributed by atoms with Crippen molar-refractivity contribution in [3.05, 3.63) is 59.7 Å². The number of hydrogen-bond donors (Lipinski definition) is 1. The third kappa shape index (κ3) is 3.37. The Balaban J connectivity index is 1.47. The van der Waals surface area contributed by atoms with Gasteiger partial charge in [-0.1, -0.05) is 24.3 Å². The van der Waals surface area contributed by atoms with E-state index >= 15 is 0 Å². The molecule has 0 aromatic heterocycles. The van der Waals surface area contributed by atoms with Crippen LogP contribution in [0.4, 0.5) is 11.4 Å². The summed E-state index contributed by atoms with van der Waals surface area (Å²) in [5.74, 6) is 0. The molecule has 0 unspecified atom stereocenters. The second-order valence-electron chi connectivity index (χ2n) is 5.85. The van der Waals surface area contributed by atoms with Crippen molar-refractivity contribution in [1.29, 1.82) is 0 Å². The lowest BCUT2D eigenvalue weighted by molar-refractivity contribution is 0.281. The van der Waals surface area contributed by atoms with Crippen LogP contribution in [-0.2, 0) is 13.1 Å². The number of nitrogens with two attached hydrogens (primary N) is 1. The molecule has 0 amide bonds. The average molecular weight is 281 g/mol. The second kappa shape index (κ2) is 6.19. The summed E-state index contributed by atoms with van der Waals surface area (Å²) in [5, 5.41) is 0. The number of anilines is 2. The molecule has 1 aliphatic heterocycles. The van der Waals surface area contributed by atoms with Crippen LogP contribution in [0.5, 0.6) is 0 Å². The average Bonchev–Trinajstić information content (AvgIpc) is 2.89. The van der Waals surface area contributed by atoms with Gasteiger partial charge in [0.15, 0.2) is 0 Å². The largest absolute Gasteiger partial charge is 0.399 e. The minimum absolute atomic E-state index is 0.874. The first-order valence-corrected chi connectivity index (χ1v) is 7.58. The second-order valence-corrected chi connectivity index (χ2v) is 5.85. The summed E-state index contributed by atoms with van der Waals surface area (Å²) in [4.78, 5) is 4.82. The van der Waals surface area contributed by atoms with Gasteiger partial charge in [0.05, 0.1) is 0 Å². The molecule has 0 radical (unpaired) electrons. The minimum Gasteiger partial charge on any atom is -0.399 e. The van der Waals surface area contributed by atoms with Crippen LogP contribution in [0.1, 0.15) is 17.5 Å². The quantitative estimate of drug-likeness (QED) is 0.855. The van der Waals surface area contributed by atoms with Gasteiger partial charge in [-0.3, -0.25) is 4.90 Å². The van der Waals surface area contributed by atoms with Gasteiger partial charge in [-0.2, -0.15) is 0 Å². The first kappa shape index (κ1) is 14.0. The molecular weight excluding hydrogens is 258 g/mol. The van der Waals surface area contributed by atoms with Gasteiger partial charge in [-0.05, 0) is 41.8 Å². The van der Waals surface area contributed by atoms with Crippen LogP contribution in [-0.4, -0.2) is 25.0 Å². The molecule has 1 heterocycles. The fourth-order valence-corrected chi connectivity index (χ4v) is 2.99. The molecule has 3 nitrogen and oxygen atoms in total. The van der Waals surface area contributed by atoms with Crippen LogP contribution in [0, 0.1) is 0 Å². The minimum atomic E-state index is 0.874. The molecule has 2 N–H and O–H groups in total. The zero-order valence-corrected chi connectivity index (χ0v) is 12.6. The predicted molar refractivity (Wildman–Crippen MR) is 89.3 cm³/mol. The maximum atomic E-state index is 5.86. The molecule has 0 atom stereocenters. The number of hydrogen-bond acceptors (Lipinski definition) is 3.